The molecule has 2 rings (SSSR count). The van der Waals surface area contributed by atoms with Gasteiger partial charge < -0.3 is 5.32 Å². The highest BCUT2D eigenvalue weighted by molar-refractivity contribution is 5.98. The van der Waals surface area contributed by atoms with E-state index in [9.17, 15) is 5.26 Å². The molecule has 0 bridgehead atoms. The van der Waals surface area contributed by atoms with Crippen LogP contribution in [0.5, 0.6) is 0 Å². The normalized spacial score (nSPS) is 15.7. The minimum Gasteiger partial charge on any atom is -0.324 e. The first-order chi connectivity index (χ1) is 8.78. The maximum atomic E-state index is 9.18. The maximum absolute atomic E-state index is 9.18. The van der Waals surface area contributed by atoms with Gasteiger partial charge in [0.15, 0.2) is 0 Å². The molecule has 0 heterocycles. The van der Waals surface area contributed by atoms with Crippen LogP contribution in [-0.2, 0) is 0 Å². The zero-order valence-electron chi connectivity index (χ0n) is 10.6. The lowest BCUT2D eigenvalue weighted by Gasteiger charge is -2.08. The number of nitrogens with zero attached hydrogens (tertiary/aromatic N) is 3. The standard InChI is InChI=1S/C14H16N4/c1-3-17-14(16-2)18-12-6-7-13(10-4-5-10)11(8-12)9-15/h3,6-8,10H,4-5H2,1-2H3,(H,16,18). The summed E-state index contributed by atoms with van der Waals surface area (Å²) in [4.78, 5) is 8.12. The van der Waals surface area contributed by atoms with Crippen molar-refractivity contribution in [2.45, 2.75) is 25.7 Å². The van der Waals surface area contributed by atoms with Gasteiger partial charge in [-0.15, -0.1) is 0 Å². The van der Waals surface area contributed by atoms with Gasteiger partial charge in [-0.3, -0.25) is 4.99 Å². The van der Waals surface area contributed by atoms with Crippen LogP contribution in [-0.4, -0.2) is 19.2 Å². The summed E-state index contributed by atoms with van der Waals surface area (Å²) in [6.45, 7) is 1.84. The van der Waals surface area contributed by atoms with Gasteiger partial charge in [0.1, 0.15) is 0 Å². The van der Waals surface area contributed by atoms with Crippen LogP contribution in [0.4, 0.5) is 5.69 Å². The summed E-state index contributed by atoms with van der Waals surface area (Å²) in [7, 11) is 1.68. The predicted molar refractivity (Wildman–Crippen MR) is 74.3 cm³/mol. The van der Waals surface area contributed by atoms with Crippen LogP contribution in [0.15, 0.2) is 28.2 Å². The first-order valence-corrected chi connectivity index (χ1v) is 6.05. The summed E-state index contributed by atoms with van der Waals surface area (Å²) in [5.74, 6) is 1.13. The van der Waals surface area contributed by atoms with Crippen molar-refractivity contribution in [2.75, 3.05) is 12.4 Å². The molecule has 0 aromatic heterocycles. The molecule has 1 saturated carbocycles. The minimum absolute atomic E-state index is 0.542. The topological polar surface area (TPSA) is 60.5 Å². The summed E-state index contributed by atoms with van der Waals surface area (Å²) in [5.41, 5.74) is 2.76. The van der Waals surface area contributed by atoms with Crippen LogP contribution in [0, 0.1) is 11.3 Å². The second-order valence-electron chi connectivity index (χ2n) is 4.25. The fourth-order valence-corrected chi connectivity index (χ4v) is 1.88. The lowest BCUT2D eigenvalue weighted by Crippen LogP contribution is -2.09. The number of anilines is 1. The number of nitriles is 1. The highest BCUT2D eigenvalue weighted by atomic mass is 15.1. The fourth-order valence-electron chi connectivity index (χ4n) is 1.88. The zero-order valence-corrected chi connectivity index (χ0v) is 10.6. The molecule has 1 aromatic rings. The molecule has 0 saturated heterocycles. The van der Waals surface area contributed by atoms with Gasteiger partial charge in [0.2, 0.25) is 5.96 Å². The van der Waals surface area contributed by atoms with Gasteiger partial charge in [-0.05, 0) is 43.4 Å². The highest BCUT2D eigenvalue weighted by Crippen LogP contribution is 2.42. The Bertz CT molecular complexity index is 533. The highest BCUT2D eigenvalue weighted by Gasteiger charge is 2.26. The van der Waals surface area contributed by atoms with E-state index in [1.807, 2.05) is 25.1 Å². The molecule has 1 fully saturated rings. The van der Waals surface area contributed by atoms with Crippen molar-refractivity contribution >= 4 is 17.9 Å². The molecule has 4 nitrogen and oxygen atoms in total. The summed E-state index contributed by atoms with van der Waals surface area (Å²) < 4.78 is 0. The Morgan fingerprint density at radius 1 is 1.50 bits per heavy atom. The van der Waals surface area contributed by atoms with E-state index in [1.54, 1.807) is 13.3 Å². The molecule has 18 heavy (non-hydrogen) atoms. The summed E-state index contributed by atoms with van der Waals surface area (Å²) >= 11 is 0. The second kappa shape index (κ2) is 5.46. The molecule has 0 unspecified atom stereocenters. The van der Waals surface area contributed by atoms with Crippen molar-refractivity contribution in [3.05, 3.63) is 29.3 Å². The fraction of sp³-hybridized carbons (Fsp3) is 0.357. The van der Waals surface area contributed by atoms with Crippen molar-refractivity contribution in [3.63, 3.8) is 0 Å². The molecular weight excluding hydrogens is 224 g/mol. The molecular formula is C14H16N4. The molecule has 0 amide bonds. The average Bonchev–Trinajstić information content (AvgIpc) is 3.22. The van der Waals surface area contributed by atoms with E-state index >= 15 is 0 Å². The number of hydrogen-bond donors (Lipinski definition) is 1. The quantitative estimate of drug-likeness (QED) is 0.638. The van der Waals surface area contributed by atoms with Crippen LogP contribution in [0.1, 0.15) is 36.8 Å². The van der Waals surface area contributed by atoms with E-state index in [1.165, 1.54) is 12.8 Å². The van der Waals surface area contributed by atoms with Crippen LogP contribution in [0.2, 0.25) is 0 Å². The van der Waals surface area contributed by atoms with E-state index < -0.39 is 0 Å². The number of guanidine groups is 1. The molecule has 0 atom stereocenters. The number of nitrogens with one attached hydrogen (secondary N) is 1. The molecule has 92 valence electrons. The van der Waals surface area contributed by atoms with Gasteiger partial charge >= 0.3 is 0 Å². The van der Waals surface area contributed by atoms with Crippen LogP contribution < -0.4 is 5.32 Å². The molecule has 4 heteroatoms. The van der Waals surface area contributed by atoms with E-state index in [0.717, 1.165) is 16.8 Å². The lowest BCUT2D eigenvalue weighted by atomic mass is 10.0. The third-order valence-corrected chi connectivity index (χ3v) is 2.91. The average molecular weight is 240 g/mol. The molecule has 1 aromatic carbocycles. The number of hydrogen-bond acceptors (Lipinski definition) is 2. The first kappa shape index (κ1) is 12.3. The van der Waals surface area contributed by atoms with Gasteiger partial charge in [-0.25, -0.2) is 4.99 Å². The predicted octanol–water partition coefficient (Wildman–Crippen LogP) is 2.92. The van der Waals surface area contributed by atoms with Crippen molar-refractivity contribution in [2.24, 2.45) is 9.98 Å². The molecule has 0 radical (unpaired) electrons. The third kappa shape index (κ3) is 2.75. The Balaban J connectivity index is 2.22. The monoisotopic (exact) mass is 240 g/mol. The molecule has 1 N–H and O–H groups in total. The van der Waals surface area contributed by atoms with E-state index in [4.69, 9.17) is 0 Å². The Morgan fingerprint density at radius 2 is 2.28 bits per heavy atom. The SMILES string of the molecule is CC=NC(=NC)Nc1ccc(C2CC2)c(C#N)c1. The molecule has 0 spiro atoms. The van der Waals surface area contributed by atoms with Crippen LogP contribution in [0.25, 0.3) is 0 Å². The Kier molecular flexibility index (Phi) is 3.73. The summed E-state index contributed by atoms with van der Waals surface area (Å²) in [6, 6.07) is 8.13. The Hall–Kier alpha value is -2.15. The van der Waals surface area contributed by atoms with E-state index in [-0.39, 0.29) is 0 Å². The van der Waals surface area contributed by atoms with Gasteiger partial charge in [0.05, 0.1) is 11.6 Å². The van der Waals surface area contributed by atoms with Gasteiger partial charge in [0, 0.05) is 18.9 Å². The third-order valence-electron chi connectivity index (χ3n) is 2.91. The number of rotatable bonds is 2. The largest absolute Gasteiger partial charge is 0.324 e. The van der Waals surface area contributed by atoms with Crippen LogP contribution in [0.3, 0.4) is 0 Å². The second-order valence-corrected chi connectivity index (χ2v) is 4.25. The molecule has 1 aliphatic rings. The summed E-state index contributed by atoms with van der Waals surface area (Å²) in [5, 5.41) is 12.3. The van der Waals surface area contributed by atoms with Gasteiger partial charge in [-0.2, -0.15) is 5.26 Å². The van der Waals surface area contributed by atoms with Crippen molar-refractivity contribution in [3.8, 4) is 6.07 Å². The Labute approximate surface area is 107 Å². The number of aliphatic imine (C=N–C) groups is 2. The van der Waals surface area contributed by atoms with Gasteiger partial charge in [0.25, 0.3) is 0 Å². The minimum atomic E-state index is 0.542. The van der Waals surface area contributed by atoms with Crippen molar-refractivity contribution in [1.29, 1.82) is 5.26 Å². The first-order valence-electron chi connectivity index (χ1n) is 6.05. The van der Waals surface area contributed by atoms with E-state index in [2.05, 4.69) is 21.4 Å². The zero-order chi connectivity index (χ0) is 13.0. The summed E-state index contributed by atoms with van der Waals surface area (Å²) in [6.07, 6.45) is 4.08. The van der Waals surface area contributed by atoms with Crippen molar-refractivity contribution < 1.29 is 0 Å². The lowest BCUT2D eigenvalue weighted by molar-refractivity contribution is 1.12. The Morgan fingerprint density at radius 3 is 2.83 bits per heavy atom. The maximum Gasteiger partial charge on any atom is 0.221 e. The van der Waals surface area contributed by atoms with Crippen LogP contribution >= 0.6 is 0 Å². The number of benzene rings is 1. The molecule has 1 aliphatic carbocycles. The van der Waals surface area contributed by atoms with E-state index in [0.29, 0.717) is 11.9 Å². The van der Waals surface area contributed by atoms with Crippen molar-refractivity contribution in [1.82, 2.24) is 0 Å². The smallest absolute Gasteiger partial charge is 0.221 e. The van der Waals surface area contributed by atoms with Gasteiger partial charge in [-0.1, -0.05) is 6.07 Å². The molecule has 0 aliphatic heterocycles.